The molecule has 1 atom stereocenters. The van der Waals surface area contributed by atoms with E-state index in [9.17, 15) is 0 Å². The van der Waals surface area contributed by atoms with Crippen LogP contribution in [0.3, 0.4) is 0 Å². The van der Waals surface area contributed by atoms with Crippen LogP contribution in [0.5, 0.6) is 5.75 Å². The highest BCUT2D eigenvalue weighted by molar-refractivity contribution is 6.30. The van der Waals surface area contributed by atoms with Gasteiger partial charge in [0.25, 0.3) is 0 Å². The fourth-order valence-corrected chi connectivity index (χ4v) is 2.29. The lowest BCUT2D eigenvalue weighted by Gasteiger charge is -2.18. The summed E-state index contributed by atoms with van der Waals surface area (Å²) in [6, 6.07) is 9.80. The Balaban J connectivity index is 2.11. The third kappa shape index (κ3) is 3.50. The minimum atomic E-state index is 0.130. The second-order valence-electron chi connectivity index (χ2n) is 4.76. The molecule has 0 amide bonds. The maximum Gasteiger partial charge on any atom is 0.123 e. The Kier molecular flexibility index (Phi) is 4.99. The number of ether oxygens (including phenoxy) is 1. The van der Waals surface area contributed by atoms with Crippen molar-refractivity contribution >= 4 is 11.6 Å². The van der Waals surface area contributed by atoms with E-state index in [-0.39, 0.29) is 6.04 Å². The van der Waals surface area contributed by atoms with Crippen molar-refractivity contribution in [2.24, 2.45) is 0 Å². The van der Waals surface area contributed by atoms with Crippen molar-refractivity contribution in [2.45, 2.75) is 26.4 Å². The lowest BCUT2D eigenvalue weighted by molar-refractivity contribution is 0.401. The summed E-state index contributed by atoms with van der Waals surface area (Å²) in [7, 11) is 1.67. The van der Waals surface area contributed by atoms with Gasteiger partial charge in [0, 0.05) is 29.4 Å². The highest BCUT2D eigenvalue weighted by atomic mass is 35.5. The first-order valence-corrected chi connectivity index (χ1v) is 6.97. The molecule has 0 saturated carbocycles. The summed E-state index contributed by atoms with van der Waals surface area (Å²) >= 11 is 6.06. The molecule has 1 heterocycles. The summed E-state index contributed by atoms with van der Waals surface area (Å²) < 4.78 is 5.38. The Morgan fingerprint density at radius 3 is 2.85 bits per heavy atom. The van der Waals surface area contributed by atoms with Crippen molar-refractivity contribution < 1.29 is 4.74 Å². The van der Waals surface area contributed by atoms with E-state index < -0.39 is 0 Å². The molecule has 0 unspecified atom stereocenters. The highest BCUT2D eigenvalue weighted by Crippen LogP contribution is 2.28. The van der Waals surface area contributed by atoms with E-state index in [1.54, 1.807) is 7.11 Å². The topological polar surface area (TPSA) is 34.1 Å². The fraction of sp³-hybridized carbons (Fsp3) is 0.312. The fourth-order valence-electron chi connectivity index (χ4n) is 2.11. The summed E-state index contributed by atoms with van der Waals surface area (Å²) in [5.41, 5.74) is 3.29. The van der Waals surface area contributed by atoms with E-state index in [0.29, 0.717) is 11.6 Å². The number of aryl methyl sites for hydroxylation is 1. The molecule has 0 aliphatic carbocycles. The van der Waals surface area contributed by atoms with Gasteiger partial charge in [0.2, 0.25) is 0 Å². The van der Waals surface area contributed by atoms with Gasteiger partial charge in [0.05, 0.1) is 12.8 Å². The maximum atomic E-state index is 6.06. The van der Waals surface area contributed by atoms with E-state index in [0.717, 1.165) is 17.0 Å². The Morgan fingerprint density at radius 2 is 2.15 bits per heavy atom. The van der Waals surface area contributed by atoms with Gasteiger partial charge >= 0.3 is 0 Å². The molecule has 20 heavy (non-hydrogen) atoms. The first-order valence-electron chi connectivity index (χ1n) is 6.59. The second-order valence-corrected chi connectivity index (χ2v) is 5.19. The molecule has 0 saturated heterocycles. The number of halogens is 1. The van der Waals surface area contributed by atoms with Gasteiger partial charge < -0.3 is 10.1 Å². The van der Waals surface area contributed by atoms with Crippen LogP contribution in [-0.4, -0.2) is 12.1 Å². The smallest absolute Gasteiger partial charge is 0.123 e. The minimum Gasteiger partial charge on any atom is -0.496 e. The Morgan fingerprint density at radius 1 is 1.35 bits per heavy atom. The SMILES string of the molecule is COc1ccc(Cl)cc1[C@H](C)NCc1ncccc1C. The molecule has 0 aliphatic rings. The van der Waals surface area contributed by atoms with Gasteiger partial charge in [0.1, 0.15) is 5.75 Å². The summed E-state index contributed by atoms with van der Waals surface area (Å²) in [5, 5.41) is 4.17. The quantitative estimate of drug-likeness (QED) is 0.907. The van der Waals surface area contributed by atoms with Crippen molar-refractivity contribution in [1.82, 2.24) is 10.3 Å². The molecular weight excluding hydrogens is 272 g/mol. The van der Waals surface area contributed by atoms with Gasteiger partial charge in [-0.1, -0.05) is 17.7 Å². The Labute approximate surface area is 124 Å². The molecule has 1 aromatic carbocycles. The molecule has 4 heteroatoms. The van der Waals surface area contributed by atoms with E-state index in [2.05, 4.69) is 30.2 Å². The maximum absolute atomic E-state index is 6.06. The molecule has 0 radical (unpaired) electrons. The zero-order chi connectivity index (χ0) is 14.5. The molecule has 0 spiro atoms. The largest absolute Gasteiger partial charge is 0.496 e. The second kappa shape index (κ2) is 6.73. The van der Waals surface area contributed by atoms with Gasteiger partial charge in [-0.3, -0.25) is 4.98 Å². The number of aromatic nitrogens is 1. The third-order valence-corrected chi connectivity index (χ3v) is 3.59. The minimum absolute atomic E-state index is 0.130. The van der Waals surface area contributed by atoms with Crippen molar-refractivity contribution in [3.8, 4) is 5.75 Å². The van der Waals surface area contributed by atoms with Crippen LogP contribution in [0.15, 0.2) is 36.5 Å². The average molecular weight is 291 g/mol. The number of methoxy groups -OCH3 is 1. The summed E-state index contributed by atoms with van der Waals surface area (Å²) in [4.78, 5) is 4.38. The normalized spacial score (nSPS) is 12.2. The first kappa shape index (κ1) is 14.8. The number of hydrogen-bond donors (Lipinski definition) is 1. The standard InChI is InChI=1S/C16H19ClN2O/c1-11-5-4-8-18-15(11)10-19-12(2)14-9-13(17)6-7-16(14)20-3/h4-9,12,19H,10H2,1-3H3/t12-/m0/s1. The van der Waals surface area contributed by atoms with Crippen LogP contribution in [-0.2, 0) is 6.54 Å². The Bertz CT molecular complexity index is 586. The van der Waals surface area contributed by atoms with Gasteiger partial charge in [-0.2, -0.15) is 0 Å². The van der Waals surface area contributed by atoms with Crippen LogP contribution in [0.25, 0.3) is 0 Å². The van der Waals surface area contributed by atoms with Crippen LogP contribution < -0.4 is 10.1 Å². The predicted molar refractivity (Wildman–Crippen MR) is 82.2 cm³/mol. The number of rotatable bonds is 5. The van der Waals surface area contributed by atoms with Crippen LogP contribution in [0.4, 0.5) is 0 Å². The lowest BCUT2D eigenvalue weighted by Crippen LogP contribution is -2.20. The number of benzene rings is 1. The van der Waals surface area contributed by atoms with Gasteiger partial charge in [0.15, 0.2) is 0 Å². The van der Waals surface area contributed by atoms with E-state index in [1.807, 2.05) is 30.5 Å². The molecule has 0 aliphatic heterocycles. The zero-order valence-electron chi connectivity index (χ0n) is 12.0. The van der Waals surface area contributed by atoms with Crippen LogP contribution in [0.2, 0.25) is 5.02 Å². The molecule has 3 nitrogen and oxygen atoms in total. The monoisotopic (exact) mass is 290 g/mol. The summed E-state index contributed by atoms with van der Waals surface area (Å²) in [5.74, 6) is 0.840. The first-order chi connectivity index (χ1) is 9.61. The Hall–Kier alpha value is -1.58. The van der Waals surface area contributed by atoms with Gasteiger partial charge in [-0.15, -0.1) is 0 Å². The molecule has 106 valence electrons. The van der Waals surface area contributed by atoms with Crippen LogP contribution in [0, 0.1) is 6.92 Å². The number of nitrogens with zero attached hydrogens (tertiary/aromatic N) is 1. The van der Waals surface area contributed by atoms with Crippen LogP contribution >= 0.6 is 11.6 Å². The summed E-state index contributed by atoms with van der Waals surface area (Å²) in [6.45, 7) is 4.87. The van der Waals surface area contributed by atoms with Crippen molar-refractivity contribution in [3.63, 3.8) is 0 Å². The number of nitrogens with one attached hydrogen (secondary N) is 1. The molecule has 2 rings (SSSR count). The molecule has 1 aromatic heterocycles. The number of hydrogen-bond acceptors (Lipinski definition) is 3. The lowest BCUT2D eigenvalue weighted by atomic mass is 10.1. The van der Waals surface area contributed by atoms with E-state index >= 15 is 0 Å². The van der Waals surface area contributed by atoms with Crippen molar-refractivity contribution in [2.75, 3.05) is 7.11 Å². The molecule has 1 N–H and O–H groups in total. The summed E-state index contributed by atoms with van der Waals surface area (Å²) in [6.07, 6.45) is 1.81. The molecule has 0 bridgehead atoms. The van der Waals surface area contributed by atoms with E-state index in [1.165, 1.54) is 5.56 Å². The van der Waals surface area contributed by atoms with Gasteiger partial charge in [-0.25, -0.2) is 0 Å². The van der Waals surface area contributed by atoms with Crippen molar-refractivity contribution in [3.05, 3.63) is 58.4 Å². The van der Waals surface area contributed by atoms with Crippen LogP contribution in [0.1, 0.15) is 29.8 Å². The highest BCUT2D eigenvalue weighted by Gasteiger charge is 2.12. The zero-order valence-corrected chi connectivity index (χ0v) is 12.7. The van der Waals surface area contributed by atoms with Crippen molar-refractivity contribution in [1.29, 1.82) is 0 Å². The molecule has 2 aromatic rings. The number of pyridine rings is 1. The molecule has 0 fully saturated rings. The third-order valence-electron chi connectivity index (χ3n) is 3.35. The average Bonchev–Trinajstić information content (AvgIpc) is 2.46. The van der Waals surface area contributed by atoms with Gasteiger partial charge in [-0.05, 0) is 43.7 Å². The molecular formula is C16H19ClN2O. The predicted octanol–water partition coefficient (Wildman–Crippen LogP) is 3.90. The van der Waals surface area contributed by atoms with E-state index in [4.69, 9.17) is 16.3 Å².